The van der Waals surface area contributed by atoms with Gasteiger partial charge in [0.1, 0.15) is 0 Å². The van der Waals surface area contributed by atoms with Gasteiger partial charge in [0.2, 0.25) is 10.0 Å². The minimum Gasteiger partial charge on any atom is -0.550 e. The maximum absolute atomic E-state index is 12.3. The van der Waals surface area contributed by atoms with Crippen molar-refractivity contribution in [1.29, 1.82) is 0 Å². The van der Waals surface area contributed by atoms with Crippen LogP contribution in [-0.4, -0.2) is 96.4 Å². The predicted octanol–water partition coefficient (Wildman–Crippen LogP) is -0.991. The van der Waals surface area contributed by atoms with Gasteiger partial charge < -0.3 is 14.6 Å². The van der Waals surface area contributed by atoms with Crippen molar-refractivity contribution in [1.82, 2.24) is 4.31 Å². The first kappa shape index (κ1) is 19.2. The molecule has 0 amide bonds. The number of nitrogens with zero attached hydrogens (tertiary/aromatic N) is 1. The fraction of sp³-hybridized carbons (Fsp3) is 0.462. The fourth-order valence-corrected chi connectivity index (χ4v) is 3.42. The molecule has 0 aliphatic carbocycles. The minimum absolute atomic E-state index is 0. The molecule has 6 nitrogen and oxygen atoms in total. The Morgan fingerprint density at radius 3 is 2.29 bits per heavy atom. The molecule has 111 valence electrons. The van der Waals surface area contributed by atoms with E-state index in [0.29, 0.717) is 32.7 Å². The van der Waals surface area contributed by atoms with Gasteiger partial charge in [-0.15, -0.1) is 0 Å². The summed E-state index contributed by atoms with van der Waals surface area (Å²) >= 11 is 0. The van der Waals surface area contributed by atoms with Crippen LogP contribution in [-0.2, 0) is 26.0 Å². The summed E-state index contributed by atoms with van der Waals surface area (Å²) in [5, 5.41) is 10.4. The van der Waals surface area contributed by atoms with Gasteiger partial charge in [-0.3, -0.25) is 0 Å². The number of carbonyl (C=O) groups excluding carboxylic acids is 1. The Balaban J connectivity index is 0.00000220. The second-order valence-electron chi connectivity index (χ2n) is 4.53. The standard InChI is InChI=1S/C13H17NO5S.K/c15-13(16)6-3-11-1-4-12(5-2-11)20(17,18)14-7-9-19-10-8-14;/h1-2,4-5H,3,6-10H2,(H,15,16);/p-1. The van der Waals surface area contributed by atoms with Crippen LogP contribution in [0.4, 0.5) is 0 Å². The van der Waals surface area contributed by atoms with Gasteiger partial charge in [0.25, 0.3) is 0 Å². The third kappa shape index (κ3) is 5.40. The number of aliphatic carboxylic acids is 1. The second-order valence-corrected chi connectivity index (χ2v) is 6.47. The Bertz CT molecular complexity index is 567. The molecule has 0 bridgehead atoms. The van der Waals surface area contributed by atoms with Crippen LogP contribution in [0.25, 0.3) is 0 Å². The summed E-state index contributed by atoms with van der Waals surface area (Å²) in [4.78, 5) is 10.6. The van der Waals surface area contributed by atoms with Gasteiger partial charge in [0.05, 0.1) is 18.1 Å². The van der Waals surface area contributed by atoms with Crippen molar-refractivity contribution >= 4 is 67.4 Å². The Morgan fingerprint density at radius 1 is 1.19 bits per heavy atom. The number of hydrogen-bond acceptors (Lipinski definition) is 5. The Morgan fingerprint density at radius 2 is 1.76 bits per heavy atom. The van der Waals surface area contributed by atoms with Gasteiger partial charge >= 0.3 is 0 Å². The summed E-state index contributed by atoms with van der Waals surface area (Å²) in [5.41, 5.74) is 0.773. The molecule has 2 rings (SSSR count). The van der Waals surface area contributed by atoms with Gasteiger partial charge in [0.15, 0.2) is 0 Å². The predicted molar refractivity (Wildman–Crippen MR) is 75.1 cm³/mol. The van der Waals surface area contributed by atoms with E-state index < -0.39 is 16.0 Å². The first-order valence-corrected chi connectivity index (χ1v) is 7.81. The molecule has 0 aromatic heterocycles. The van der Waals surface area contributed by atoms with Crippen LogP contribution in [0.1, 0.15) is 12.0 Å². The van der Waals surface area contributed by atoms with E-state index in [1.54, 1.807) is 12.1 Å². The molecule has 1 radical (unpaired) electrons. The maximum atomic E-state index is 12.3. The number of hydrogen-bond donors (Lipinski definition) is 0. The molecule has 8 heteroatoms. The largest absolute Gasteiger partial charge is 0.550 e. The summed E-state index contributed by atoms with van der Waals surface area (Å²) in [6, 6.07) is 6.29. The van der Waals surface area contributed by atoms with Crippen molar-refractivity contribution in [2.75, 3.05) is 26.3 Å². The summed E-state index contributed by atoms with van der Waals surface area (Å²) in [6.45, 7) is 1.52. The van der Waals surface area contributed by atoms with Crippen LogP contribution in [0, 0.1) is 0 Å². The zero-order chi connectivity index (χ0) is 14.6. The van der Waals surface area contributed by atoms with Gasteiger partial charge in [-0.1, -0.05) is 12.1 Å². The van der Waals surface area contributed by atoms with Crippen LogP contribution in [0.5, 0.6) is 0 Å². The van der Waals surface area contributed by atoms with Gasteiger partial charge in [-0.2, -0.15) is 4.31 Å². The zero-order valence-corrected chi connectivity index (χ0v) is 15.9. The number of carboxylic acid groups (broad SMARTS) is 1. The molecule has 1 saturated heterocycles. The normalized spacial score (nSPS) is 16.2. The number of rotatable bonds is 5. The molecule has 0 unspecified atom stereocenters. The van der Waals surface area contributed by atoms with Gasteiger partial charge in [0, 0.05) is 70.4 Å². The van der Waals surface area contributed by atoms with Crippen LogP contribution >= 0.6 is 0 Å². The number of ether oxygens (including phenoxy) is 1. The topological polar surface area (TPSA) is 86.7 Å². The quantitative estimate of drug-likeness (QED) is 0.644. The SMILES string of the molecule is O=C([O-])CCc1ccc(S(=O)(=O)N2CCOCC2)cc1.[K]. The molecule has 0 spiro atoms. The van der Waals surface area contributed by atoms with Crippen molar-refractivity contribution < 1.29 is 23.1 Å². The first-order valence-electron chi connectivity index (χ1n) is 6.37. The average molecular weight is 337 g/mol. The zero-order valence-electron chi connectivity index (χ0n) is 11.9. The van der Waals surface area contributed by atoms with E-state index in [0.717, 1.165) is 5.56 Å². The first-order chi connectivity index (χ1) is 9.50. The minimum atomic E-state index is -3.49. The van der Waals surface area contributed by atoms with Gasteiger partial charge in [-0.05, 0) is 30.5 Å². The van der Waals surface area contributed by atoms with Gasteiger partial charge in [-0.25, -0.2) is 8.42 Å². The molecule has 0 atom stereocenters. The van der Waals surface area contributed by atoms with Crippen LogP contribution in [0.15, 0.2) is 29.2 Å². The van der Waals surface area contributed by atoms with E-state index in [1.807, 2.05) is 0 Å². The summed E-state index contributed by atoms with van der Waals surface area (Å²) in [7, 11) is -3.49. The third-order valence-corrected chi connectivity index (χ3v) is 5.06. The van der Waals surface area contributed by atoms with E-state index >= 15 is 0 Å². The van der Waals surface area contributed by atoms with E-state index in [9.17, 15) is 18.3 Å². The molecule has 1 heterocycles. The molecular formula is C13H16KNO5S-. The number of sulfonamides is 1. The Hall–Kier alpha value is 0.196. The third-order valence-electron chi connectivity index (χ3n) is 3.15. The molecular weight excluding hydrogens is 321 g/mol. The molecule has 1 aromatic carbocycles. The number of carbonyl (C=O) groups is 1. The molecule has 0 N–H and O–H groups in total. The van der Waals surface area contributed by atoms with Crippen LogP contribution in [0.2, 0.25) is 0 Å². The molecule has 1 aliphatic rings. The Labute approximate surface area is 166 Å². The monoisotopic (exact) mass is 337 g/mol. The Kier molecular flexibility index (Phi) is 8.00. The van der Waals surface area contributed by atoms with Crippen molar-refractivity contribution in [3.05, 3.63) is 29.8 Å². The number of carboxylic acids is 1. The summed E-state index contributed by atoms with van der Waals surface area (Å²) in [6.07, 6.45) is 0.260. The molecule has 1 fully saturated rings. The van der Waals surface area contributed by atoms with E-state index in [4.69, 9.17) is 4.74 Å². The molecule has 0 saturated carbocycles. The van der Waals surface area contributed by atoms with Crippen molar-refractivity contribution in [2.24, 2.45) is 0 Å². The molecule has 1 aliphatic heterocycles. The molecule has 1 aromatic rings. The molecule has 21 heavy (non-hydrogen) atoms. The second kappa shape index (κ2) is 8.73. The van der Waals surface area contributed by atoms with Crippen molar-refractivity contribution in [3.63, 3.8) is 0 Å². The summed E-state index contributed by atoms with van der Waals surface area (Å²) in [5.74, 6) is -1.12. The smallest absolute Gasteiger partial charge is 0.243 e. The number of benzene rings is 1. The van der Waals surface area contributed by atoms with Crippen molar-refractivity contribution in [2.45, 2.75) is 17.7 Å². The van der Waals surface area contributed by atoms with E-state index in [1.165, 1.54) is 16.4 Å². The van der Waals surface area contributed by atoms with E-state index in [2.05, 4.69) is 0 Å². The fourth-order valence-electron chi connectivity index (χ4n) is 2.01. The summed E-state index contributed by atoms with van der Waals surface area (Å²) < 4.78 is 31.2. The number of morpholine rings is 1. The van der Waals surface area contributed by atoms with E-state index in [-0.39, 0.29) is 62.7 Å². The van der Waals surface area contributed by atoms with Crippen LogP contribution in [0.3, 0.4) is 0 Å². The maximum Gasteiger partial charge on any atom is 0.243 e. The van der Waals surface area contributed by atoms with Crippen LogP contribution < -0.4 is 5.11 Å². The van der Waals surface area contributed by atoms with Crippen molar-refractivity contribution in [3.8, 4) is 0 Å². The average Bonchev–Trinajstić information content (AvgIpc) is 2.46. The number of aryl methyl sites for hydroxylation is 1.